The van der Waals surface area contributed by atoms with Gasteiger partial charge in [0.2, 0.25) is 5.75 Å². The van der Waals surface area contributed by atoms with Crippen molar-refractivity contribution in [2.45, 2.75) is 11.8 Å². The normalized spacial score (nSPS) is 11.4. The molecule has 0 aliphatic carbocycles. The van der Waals surface area contributed by atoms with Crippen molar-refractivity contribution < 1.29 is 26.4 Å². The van der Waals surface area contributed by atoms with Crippen molar-refractivity contribution in [2.75, 3.05) is 6.26 Å². The van der Waals surface area contributed by atoms with Crippen molar-refractivity contribution in [3.05, 3.63) is 76.3 Å². The van der Waals surface area contributed by atoms with E-state index in [4.69, 9.17) is 9.15 Å². The lowest BCUT2D eigenvalue weighted by atomic mass is 10.1. The average Bonchev–Trinajstić information content (AvgIpc) is 2.55. The maximum Gasteiger partial charge on any atom is 0.379 e. The topological polar surface area (TPSA) is 73.6 Å². The Balaban J connectivity index is 2.12. The van der Waals surface area contributed by atoms with Crippen LogP contribution < -0.4 is 10.4 Å². The first-order chi connectivity index (χ1) is 12.6. The standard InChI is InChI=1S/C19H14F2O5S/c1-11-7-17(12-3-5-16(6-4-12)27(2,23)24)18(19(22)25-11)26-15-9-13(20)8-14(21)10-15/h3-10H,1-2H3. The minimum absolute atomic E-state index is 0.112. The largest absolute Gasteiger partial charge is 0.449 e. The Morgan fingerprint density at radius 1 is 0.963 bits per heavy atom. The highest BCUT2D eigenvalue weighted by Gasteiger charge is 2.17. The molecule has 27 heavy (non-hydrogen) atoms. The van der Waals surface area contributed by atoms with E-state index >= 15 is 0 Å². The molecule has 0 spiro atoms. The van der Waals surface area contributed by atoms with Crippen LogP contribution in [0.25, 0.3) is 11.1 Å². The van der Waals surface area contributed by atoms with Gasteiger partial charge in [0, 0.05) is 30.0 Å². The Kier molecular flexibility index (Phi) is 4.84. The van der Waals surface area contributed by atoms with Crippen LogP contribution in [0.4, 0.5) is 8.78 Å². The van der Waals surface area contributed by atoms with E-state index < -0.39 is 27.1 Å². The van der Waals surface area contributed by atoms with Crippen LogP contribution in [0.2, 0.25) is 0 Å². The summed E-state index contributed by atoms with van der Waals surface area (Å²) >= 11 is 0. The maximum atomic E-state index is 13.4. The van der Waals surface area contributed by atoms with Gasteiger partial charge >= 0.3 is 5.63 Å². The summed E-state index contributed by atoms with van der Waals surface area (Å²) in [6, 6.07) is 9.84. The molecule has 140 valence electrons. The molecule has 1 aromatic heterocycles. The summed E-state index contributed by atoms with van der Waals surface area (Å²) in [4.78, 5) is 12.4. The first kappa shape index (κ1) is 18.8. The zero-order valence-electron chi connectivity index (χ0n) is 14.3. The van der Waals surface area contributed by atoms with Crippen LogP contribution >= 0.6 is 0 Å². The first-order valence-corrected chi connectivity index (χ1v) is 9.62. The lowest BCUT2D eigenvalue weighted by molar-refractivity contribution is 0.406. The van der Waals surface area contributed by atoms with Gasteiger partial charge in [-0.2, -0.15) is 0 Å². The average molecular weight is 392 g/mol. The minimum Gasteiger partial charge on any atom is -0.449 e. The fourth-order valence-corrected chi connectivity index (χ4v) is 3.13. The van der Waals surface area contributed by atoms with Crippen LogP contribution in [0.1, 0.15) is 5.76 Å². The summed E-state index contributed by atoms with van der Waals surface area (Å²) in [7, 11) is -3.38. The van der Waals surface area contributed by atoms with Gasteiger partial charge in [0.1, 0.15) is 23.1 Å². The smallest absolute Gasteiger partial charge is 0.379 e. The summed E-state index contributed by atoms with van der Waals surface area (Å²) in [6.45, 7) is 1.56. The Morgan fingerprint density at radius 3 is 2.11 bits per heavy atom. The number of aryl methyl sites for hydroxylation is 1. The molecule has 3 aromatic rings. The number of rotatable bonds is 4. The molecule has 0 amide bonds. The first-order valence-electron chi connectivity index (χ1n) is 7.73. The Labute approximate surface area is 153 Å². The third kappa shape index (κ3) is 4.22. The van der Waals surface area contributed by atoms with Crippen LogP contribution in [0, 0.1) is 18.6 Å². The van der Waals surface area contributed by atoms with Gasteiger partial charge < -0.3 is 9.15 Å². The SMILES string of the molecule is Cc1cc(-c2ccc(S(C)(=O)=O)cc2)c(Oc2cc(F)cc(F)c2)c(=O)o1. The molecule has 2 aromatic carbocycles. The third-order valence-electron chi connectivity index (χ3n) is 3.68. The lowest BCUT2D eigenvalue weighted by Crippen LogP contribution is -2.06. The molecule has 1 heterocycles. The van der Waals surface area contributed by atoms with Gasteiger partial charge in [0.15, 0.2) is 9.84 Å². The van der Waals surface area contributed by atoms with Crippen molar-refractivity contribution in [2.24, 2.45) is 0 Å². The summed E-state index contributed by atoms with van der Waals surface area (Å²) in [5.74, 6) is -1.91. The molecule has 0 atom stereocenters. The van der Waals surface area contributed by atoms with E-state index in [9.17, 15) is 22.0 Å². The Hall–Kier alpha value is -3.00. The number of benzene rings is 2. The number of hydrogen-bond acceptors (Lipinski definition) is 5. The van der Waals surface area contributed by atoms with Crippen LogP contribution in [-0.2, 0) is 9.84 Å². The Morgan fingerprint density at radius 2 is 1.56 bits per heavy atom. The summed E-state index contributed by atoms with van der Waals surface area (Å²) in [5.41, 5.74) is -0.0550. The number of hydrogen-bond donors (Lipinski definition) is 0. The van der Waals surface area contributed by atoms with E-state index in [1.807, 2.05) is 0 Å². The molecule has 0 unspecified atom stereocenters. The van der Waals surface area contributed by atoms with E-state index in [0.29, 0.717) is 23.0 Å². The quantitative estimate of drug-likeness (QED) is 0.669. The highest BCUT2D eigenvalue weighted by molar-refractivity contribution is 7.90. The fourth-order valence-electron chi connectivity index (χ4n) is 2.50. The fraction of sp³-hybridized carbons (Fsp3) is 0.105. The minimum atomic E-state index is -3.38. The van der Waals surface area contributed by atoms with Gasteiger partial charge in [-0.15, -0.1) is 0 Å². The molecule has 0 fully saturated rings. The second-order valence-corrected chi connectivity index (χ2v) is 7.91. The predicted molar refractivity (Wildman–Crippen MR) is 94.7 cm³/mol. The molecule has 0 aliphatic rings. The van der Waals surface area contributed by atoms with Crippen LogP contribution in [-0.4, -0.2) is 14.7 Å². The van der Waals surface area contributed by atoms with E-state index in [-0.39, 0.29) is 16.4 Å². The molecule has 5 nitrogen and oxygen atoms in total. The predicted octanol–water partition coefficient (Wildman–Crippen LogP) is 4.09. The van der Waals surface area contributed by atoms with Crippen LogP contribution in [0.3, 0.4) is 0 Å². The molecule has 0 saturated carbocycles. The molecular weight excluding hydrogens is 378 g/mol. The van der Waals surface area contributed by atoms with Gasteiger partial charge in [0.25, 0.3) is 0 Å². The van der Waals surface area contributed by atoms with Crippen LogP contribution in [0.5, 0.6) is 11.5 Å². The molecule has 0 aliphatic heterocycles. The Bertz CT molecular complexity index is 1150. The monoisotopic (exact) mass is 392 g/mol. The van der Waals surface area contributed by atoms with Crippen molar-refractivity contribution in [3.8, 4) is 22.6 Å². The third-order valence-corrected chi connectivity index (χ3v) is 4.81. The van der Waals surface area contributed by atoms with Crippen molar-refractivity contribution >= 4 is 9.84 Å². The second-order valence-electron chi connectivity index (χ2n) is 5.89. The highest BCUT2D eigenvalue weighted by atomic mass is 32.2. The van der Waals surface area contributed by atoms with E-state index in [2.05, 4.69) is 0 Å². The maximum absolute atomic E-state index is 13.4. The van der Waals surface area contributed by atoms with Crippen molar-refractivity contribution in [1.82, 2.24) is 0 Å². The van der Waals surface area contributed by atoms with E-state index in [1.165, 1.54) is 30.3 Å². The summed E-state index contributed by atoms with van der Waals surface area (Å²) in [6.07, 6.45) is 1.08. The van der Waals surface area contributed by atoms with Gasteiger partial charge in [-0.1, -0.05) is 12.1 Å². The number of sulfone groups is 1. The summed E-state index contributed by atoms with van der Waals surface area (Å²) < 4.78 is 60.4. The van der Waals surface area contributed by atoms with Gasteiger partial charge in [-0.05, 0) is 30.7 Å². The molecule has 3 rings (SSSR count). The van der Waals surface area contributed by atoms with Gasteiger partial charge in [-0.25, -0.2) is 22.0 Å². The van der Waals surface area contributed by atoms with E-state index in [0.717, 1.165) is 18.4 Å². The zero-order valence-corrected chi connectivity index (χ0v) is 15.1. The molecule has 8 heteroatoms. The number of halogens is 2. The molecular formula is C19H14F2O5S. The zero-order chi connectivity index (χ0) is 19.8. The molecule has 0 saturated heterocycles. The molecule has 0 N–H and O–H groups in total. The lowest BCUT2D eigenvalue weighted by Gasteiger charge is -2.11. The molecule has 0 radical (unpaired) electrons. The summed E-state index contributed by atoms with van der Waals surface area (Å²) in [5, 5.41) is 0. The van der Waals surface area contributed by atoms with Gasteiger partial charge in [-0.3, -0.25) is 0 Å². The van der Waals surface area contributed by atoms with Crippen molar-refractivity contribution in [1.29, 1.82) is 0 Å². The van der Waals surface area contributed by atoms with Crippen molar-refractivity contribution in [3.63, 3.8) is 0 Å². The second kappa shape index (κ2) is 6.96. The molecule has 0 bridgehead atoms. The van der Waals surface area contributed by atoms with Crippen LogP contribution in [0.15, 0.2) is 62.6 Å². The van der Waals surface area contributed by atoms with E-state index in [1.54, 1.807) is 6.92 Å². The number of ether oxygens (including phenoxy) is 1. The highest BCUT2D eigenvalue weighted by Crippen LogP contribution is 2.32. The van der Waals surface area contributed by atoms with Gasteiger partial charge in [0.05, 0.1) is 4.90 Å².